The summed E-state index contributed by atoms with van der Waals surface area (Å²) < 4.78 is 15.0. The molecule has 0 atom stereocenters. The molecule has 0 bridgehead atoms. The number of nitrogen functional groups attached to an aromatic ring is 1. The first kappa shape index (κ1) is 18.2. The van der Waals surface area contributed by atoms with E-state index in [4.69, 9.17) is 17.4 Å². The van der Waals surface area contributed by atoms with Crippen LogP contribution in [0.3, 0.4) is 0 Å². The first-order valence-electron chi connectivity index (χ1n) is 7.64. The van der Waals surface area contributed by atoms with Crippen LogP contribution in [0.1, 0.15) is 5.56 Å². The van der Waals surface area contributed by atoms with Crippen molar-refractivity contribution in [3.05, 3.63) is 64.9 Å². The van der Waals surface area contributed by atoms with E-state index >= 15 is 0 Å². The van der Waals surface area contributed by atoms with Gasteiger partial charge in [-0.15, -0.1) is 10.2 Å². The van der Waals surface area contributed by atoms with Crippen molar-refractivity contribution in [3.8, 4) is 11.4 Å². The summed E-state index contributed by atoms with van der Waals surface area (Å²) in [6.45, 7) is 0.328. The molecule has 0 aliphatic rings. The molecule has 6 nitrogen and oxygen atoms in total. The quantitative estimate of drug-likeness (QED) is 0.498. The third-order valence-corrected chi connectivity index (χ3v) is 4.86. The third-order valence-electron chi connectivity index (χ3n) is 3.55. The highest BCUT2D eigenvalue weighted by Crippen LogP contribution is 2.23. The molecule has 0 saturated heterocycles. The Bertz CT molecular complexity index is 933. The van der Waals surface area contributed by atoms with Crippen LogP contribution >= 0.6 is 23.4 Å². The fourth-order valence-electron chi connectivity index (χ4n) is 2.22. The minimum atomic E-state index is -0.444. The minimum absolute atomic E-state index is 0.0943. The van der Waals surface area contributed by atoms with Crippen molar-refractivity contribution in [1.82, 2.24) is 20.2 Å². The Kier molecular flexibility index (Phi) is 5.75. The van der Waals surface area contributed by atoms with Gasteiger partial charge < -0.3 is 11.2 Å². The van der Waals surface area contributed by atoms with Crippen molar-refractivity contribution in [2.45, 2.75) is 11.7 Å². The summed E-state index contributed by atoms with van der Waals surface area (Å²) in [6.07, 6.45) is 0. The molecule has 3 aromatic rings. The van der Waals surface area contributed by atoms with Gasteiger partial charge in [0, 0.05) is 11.6 Å². The van der Waals surface area contributed by atoms with Gasteiger partial charge in [0.1, 0.15) is 5.82 Å². The van der Waals surface area contributed by atoms with Crippen molar-refractivity contribution in [2.75, 3.05) is 11.6 Å². The Balaban J connectivity index is 1.59. The number of carbonyl (C=O) groups excluding carboxylic acids is 1. The summed E-state index contributed by atoms with van der Waals surface area (Å²) in [7, 11) is 0. The topological polar surface area (TPSA) is 85.8 Å². The third kappa shape index (κ3) is 4.14. The lowest BCUT2D eigenvalue weighted by atomic mass is 10.2. The highest BCUT2D eigenvalue weighted by Gasteiger charge is 2.16. The molecular formula is C17H15ClFN5OS. The van der Waals surface area contributed by atoms with E-state index in [1.54, 1.807) is 24.3 Å². The molecule has 3 N–H and O–H groups in total. The van der Waals surface area contributed by atoms with Gasteiger partial charge >= 0.3 is 0 Å². The summed E-state index contributed by atoms with van der Waals surface area (Å²) in [5.41, 5.74) is 1.08. The van der Waals surface area contributed by atoms with E-state index in [2.05, 4.69) is 15.5 Å². The number of nitrogens with two attached hydrogens (primary N) is 1. The van der Waals surface area contributed by atoms with Crippen LogP contribution in [0, 0.1) is 5.82 Å². The predicted molar refractivity (Wildman–Crippen MR) is 99.6 cm³/mol. The number of rotatable bonds is 6. The van der Waals surface area contributed by atoms with Gasteiger partial charge in [-0.1, -0.05) is 53.7 Å². The summed E-state index contributed by atoms with van der Waals surface area (Å²) in [5, 5.41) is 11.5. The molecule has 0 fully saturated rings. The Morgan fingerprint density at radius 2 is 1.92 bits per heavy atom. The van der Waals surface area contributed by atoms with E-state index in [1.165, 1.54) is 10.7 Å². The maximum atomic E-state index is 13.9. The molecular weight excluding hydrogens is 377 g/mol. The Labute approximate surface area is 158 Å². The average molecular weight is 392 g/mol. The van der Waals surface area contributed by atoms with Crippen LogP contribution in [-0.4, -0.2) is 26.5 Å². The van der Waals surface area contributed by atoms with Gasteiger partial charge in [-0.3, -0.25) is 4.79 Å². The number of amides is 1. The number of nitrogens with zero attached hydrogens (tertiary/aromatic N) is 3. The summed E-state index contributed by atoms with van der Waals surface area (Å²) >= 11 is 7.16. The fraction of sp³-hybridized carbons (Fsp3) is 0.118. The minimum Gasteiger partial charge on any atom is -0.351 e. The number of carbonyl (C=O) groups is 1. The number of nitrogens with one attached hydrogen (secondary N) is 1. The van der Waals surface area contributed by atoms with E-state index in [9.17, 15) is 9.18 Å². The number of hydrogen-bond acceptors (Lipinski definition) is 5. The van der Waals surface area contributed by atoms with Gasteiger partial charge in [0.2, 0.25) is 11.1 Å². The van der Waals surface area contributed by atoms with Crippen molar-refractivity contribution < 1.29 is 9.18 Å². The molecule has 1 amide bonds. The van der Waals surface area contributed by atoms with Gasteiger partial charge in [0.15, 0.2) is 5.82 Å². The summed E-state index contributed by atoms with van der Waals surface area (Å²) in [6, 6.07) is 13.4. The second-order valence-corrected chi connectivity index (χ2v) is 6.66. The van der Waals surface area contributed by atoms with Gasteiger partial charge in [-0.2, -0.15) is 0 Å². The second kappa shape index (κ2) is 8.20. The maximum absolute atomic E-state index is 13.9. The van der Waals surface area contributed by atoms with Crippen LogP contribution in [0.25, 0.3) is 11.4 Å². The zero-order valence-corrected chi connectivity index (χ0v) is 15.1. The number of aromatic nitrogens is 3. The van der Waals surface area contributed by atoms with Crippen LogP contribution in [-0.2, 0) is 11.3 Å². The zero-order chi connectivity index (χ0) is 18.5. The monoisotopic (exact) mass is 391 g/mol. The first-order valence-corrected chi connectivity index (χ1v) is 9.01. The van der Waals surface area contributed by atoms with E-state index in [1.807, 2.05) is 18.2 Å². The molecule has 0 spiro atoms. The Hall–Kier alpha value is -2.58. The molecule has 3 rings (SSSR count). The predicted octanol–water partition coefficient (Wildman–Crippen LogP) is 2.86. The standard InChI is InChI=1S/C17H15ClFN5OS/c18-13-7-3-1-5-11(13)9-21-15(25)10-26-17-23-22-16(24(17)20)12-6-2-4-8-14(12)19/h1-8H,9-10,20H2,(H,21,25). The number of halogens is 2. The first-order chi connectivity index (χ1) is 12.6. The molecule has 26 heavy (non-hydrogen) atoms. The summed E-state index contributed by atoms with van der Waals surface area (Å²) in [4.78, 5) is 12.0. The van der Waals surface area contributed by atoms with Crippen LogP contribution in [0.5, 0.6) is 0 Å². The SMILES string of the molecule is Nn1c(SCC(=O)NCc2ccccc2Cl)nnc1-c1ccccc1F. The highest BCUT2D eigenvalue weighted by molar-refractivity contribution is 7.99. The Morgan fingerprint density at radius 1 is 1.19 bits per heavy atom. The van der Waals surface area contributed by atoms with Crippen LogP contribution in [0.15, 0.2) is 53.7 Å². The van der Waals surface area contributed by atoms with Crippen molar-refractivity contribution in [2.24, 2.45) is 0 Å². The normalized spacial score (nSPS) is 10.7. The van der Waals surface area contributed by atoms with Crippen molar-refractivity contribution in [3.63, 3.8) is 0 Å². The maximum Gasteiger partial charge on any atom is 0.230 e. The number of hydrogen-bond donors (Lipinski definition) is 2. The van der Waals surface area contributed by atoms with E-state index < -0.39 is 5.82 Å². The number of thioether (sulfide) groups is 1. The van der Waals surface area contributed by atoms with E-state index in [0.29, 0.717) is 16.7 Å². The largest absolute Gasteiger partial charge is 0.351 e. The van der Waals surface area contributed by atoms with Crippen LogP contribution < -0.4 is 11.2 Å². The molecule has 0 aliphatic carbocycles. The lowest BCUT2D eigenvalue weighted by molar-refractivity contribution is -0.118. The molecule has 0 aliphatic heterocycles. The lowest BCUT2D eigenvalue weighted by Crippen LogP contribution is -2.25. The fourth-order valence-corrected chi connectivity index (χ4v) is 3.11. The molecule has 0 unspecified atom stereocenters. The van der Waals surface area contributed by atoms with Gasteiger partial charge in [-0.05, 0) is 23.8 Å². The average Bonchev–Trinajstić information content (AvgIpc) is 3.00. The zero-order valence-electron chi connectivity index (χ0n) is 13.5. The van der Waals surface area contributed by atoms with Crippen molar-refractivity contribution in [1.29, 1.82) is 0 Å². The molecule has 1 aromatic heterocycles. The van der Waals surface area contributed by atoms with E-state index in [0.717, 1.165) is 17.3 Å². The molecule has 9 heteroatoms. The second-order valence-electron chi connectivity index (χ2n) is 5.31. The van der Waals surface area contributed by atoms with Gasteiger partial charge in [-0.25, -0.2) is 9.07 Å². The van der Waals surface area contributed by atoms with E-state index in [-0.39, 0.29) is 23.0 Å². The Morgan fingerprint density at radius 3 is 2.69 bits per heavy atom. The molecule has 0 saturated carbocycles. The molecule has 2 aromatic carbocycles. The molecule has 1 heterocycles. The van der Waals surface area contributed by atoms with Crippen LogP contribution in [0.2, 0.25) is 5.02 Å². The molecule has 0 radical (unpaired) electrons. The smallest absolute Gasteiger partial charge is 0.230 e. The molecule has 134 valence electrons. The lowest BCUT2D eigenvalue weighted by Gasteiger charge is -2.07. The van der Waals surface area contributed by atoms with Crippen LogP contribution in [0.4, 0.5) is 4.39 Å². The summed E-state index contributed by atoms with van der Waals surface area (Å²) in [5.74, 6) is 5.57. The van der Waals surface area contributed by atoms with Crippen molar-refractivity contribution >= 4 is 29.3 Å². The van der Waals surface area contributed by atoms with Gasteiger partial charge in [0.25, 0.3) is 0 Å². The van der Waals surface area contributed by atoms with Gasteiger partial charge in [0.05, 0.1) is 11.3 Å². The highest BCUT2D eigenvalue weighted by atomic mass is 35.5. The number of benzene rings is 2.